The Morgan fingerprint density at radius 3 is 2.70 bits per heavy atom. The summed E-state index contributed by atoms with van der Waals surface area (Å²) in [5.74, 6) is 0.382. The lowest BCUT2D eigenvalue weighted by atomic mass is 10.2. The molecule has 0 radical (unpaired) electrons. The van der Waals surface area contributed by atoms with Gasteiger partial charge in [-0.2, -0.15) is 0 Å². The Labute approximate surface area is 114 Å². The van der Waals surface area contributed by atoms with Crippen molar-refractivity contribution in [3.05, 3.63) is 52.0 Å². The summed E-state index contributed by atoms with van der Waals surface area (Å²) in [4.78, 5) is 22.3. The van der Waals surface area contributed by atoms with Gasteiger partial charge in [-0.3, -0.25) is 14.9 Å². The molecule has 20 heavy (non-hydrogen) atoms. The van der Waals surface area contributed by atoms with Crippen molar-refractivity contribution < 1.29 is 18.9 Å². The third-order valence-corrected chi connectivity index (χ3v) is 2.75. The summed E-state index contributed by atoms with van der Waals surface area (Å²) in [5.41, 5.74) is 0.455. The molecule has 1 N–H and O–H groups in total. The molecule has 0 saturated carbocycles. The van der Waals surface area contributed by atoms with Gasteiger partial charge in [0.05, 0.1) is 29.5 Å². The normalized spacial score (nSPS) is 10.1. The molecular formula is C13H12N2O5. The monoisotopic (exact) mass is 276 g/mol. The largest absolute Gasteiger partial charge is 0.495 e. The van der Waals surface area contributed by atoms with Gasteiger partial charge in [-0.15, -0.1) is 0 Å². The molecule has 7 nitrogen and oxygen atoms in total. The lowest BCUT2D eigenvalue weighted by Gasteiger charge is -2.09. The first-order valence-electron chi connectivity index (χ1n) is 5.71. The summed E-state index contributed by atoms with van der Waals surface area (Å²) in [6.45, 7) is 1.65. The smallest absolute Gasteiger partial charge is 0.271 e. The van der Waals surface area contributed by atoms with Gasteiger partial charge in [0.25, 0.3) is 11.6 Å². The highest BCUT2D eigenvalue weighted by Crippen LogP contribution is 2.29. The van der Waals surface area contributed by atoms with E-state index in [4.69, 9.17) is 9.15 Å². The molecule has 0 atom stereocenters. The number of rotatable bonds is 4. The number of furan rings is 1. The molecule has 7 heteroatoms. The van der Waals surface area contributed by atoms with E-state index in [0.29, 0.717) is 17.1 Å². The fourth-order valence-electron chi connectivity index (χ4n) is 1.72. The molecule has 0 bridgehead atoms. The van der Waals surface area contributed by atoms with E-state index in [1.807, 2.05) is 0 Å². The summed E-state index contributed by atoms with van der Waals surface area (Å²) in [5, 5.41) is 13.3. The number of nitrogens with one attached hydrogen (secondary N) is 1. The SMILES string of the molecule is COc1ccc([N+](=O)[O-])cc1NC(=O)c1ccoc1C. The quantitative estimate of drug-likeness (QED) is 0.684. The number of hydrogen-bond donors (Lipinski definition) is 1. The minimum Gasteiger partial charge on any atom is -0.495 e. The number of amides is 1. The second kappa shape index (κ2) is 5.43. The Morgan fingerprint density at radius 2 is 2.15 bits per heavy atom. The van der Waals surface area contributed by atoms with Crippen LogP contribution in [0.3, 0.4) is 0 Å². The number of anilines is 1. The molecule has 0 unspecified atom stereocenters. The van der Waals surface area contributed by atoms with Crippen molar-refractivity contribution in [2.45, 2.75) is 6.92 Å². The maximum Gasteiger partial charge on any atom is 0.271 e. The van der Waals surface area contributed by atoms with Crippen LogP contribution in [0.4, 0.5) is 11.4 Å². The van der Waals surface area contributed by atoms with Crippen molar-refractivity contribution in [1.29, 1.82) is 0 Å². The molecular weight excluding hydrogens is 264 g/mol. The summed E-state index contributed by atoms with van der Waals surface area (Å²) in [7, 11) is 1.42. The molecule has 2 aromatic rings. The molecule has 0 aliphatic rings. The van der Waals surface area contributed by atoms with Gasteiger partial charge < -0.3 is 14.5 Å². The van der Waals surface area contributed by atoms with Crippen LogP contribution in [0.2, 0.25) is 0 Å². The first-order chi connectivity index (χ1) is 9.52. The van der Waals surface area contributed by atoms with Crippen molar-refractivity contribution in [1.82, 2.24) is 0 Å². The molecule has 1 heterocycles. The highest BCUT2D eigenvalue weighted by atomic mass is 16.6. The molecule has 1 aromatic carbocycles. The third-order valence-electron chi connectivity index (χ3n) is 2.75. The number of ether oxygens (including phenoxy) is 1. The van der Waals surface area contributed by atoms with E-state index >= 15 is 0 Å². The van der Waals surface area contributed by atoms with Crippen molar-refractivity contribution in [2.75, 3.05) is 12.4 Å². The molecule has 0 aliphatic carbocycles. The Morgan fingerprint density at radius 1 is 1.40 bits per heavy atom. The number of carbonyl (C=O) groups is 1. The number of hydrogen-bond acceptors (Lipinski definition) is 5. The number of nitrogens with zero attached hydrogens (tertiary/aromatic N) is 1. The van der Waals surface area contributed by atoms with Crippen LogP contribution in [0.25, 0.3) is 0 Å². The highest BCUT2D eigenvalue weighted by Gasteiger charge is 2.16. The molecule has 104 valence electrons. The maximum absolute atomic E-state index is 12.0. The molecule has 1 aromatic heterocycles. The number of aryl methyl sites for hydroxylation is 1. The Bertz CT molecular complexity index is 663. The van der Waals surface area contributed by atoms with Crippen molar-refractivity contribution >= 4 is 17.3 Å². The van der Waals surface area contributed by atoms with Gasteiger partial charge in [0, 0.05) is 12.1 Å². The predicted molar refractivity (Wildman–Crippen MR) is 71.0 cm³/mol. The van der Waals surface area contributed by atoms with Gasteiger partial charge in [0.2, 0.25) is 0 Å². The van der Waals surface area contributed by atoms with Gasteiger partial charge in [-0.25, -0.2) is 0 Å². The minimum atomic E-state index is -0.543. The van der Waals surface area contributed by atoms with Crippen LogP contribution in [0.15, 0.2) is 34.9 Å². The van der Waals surface area contributed by atoms with E-state index in [2.05, 4.69) is 5.32 Å². The fourth-order valence-corrected chi connectivity index (χ4v) is 1.72. The Hall–Kier alpha value is -2.83. The summed E-state index contributed by atoms with van der Waals surface area (Å²) in [6, 6.07) is 5.49. The van der Waals surface area contributed by atoms with E-state index in [-0.39, 0.29) is 11.4 Å². The van der Waals surface area contributed by atoms with Gasteiger partial charge in [-0.05, 0) is 19.1 Å². The zero-order valence-corrected chi connectivity index (χ0v) is 10.9. The van der Waals surface area contributed by atoms with Crippen LogP contribution < -0.4 is 10.1 Å². The van der Waals surface area contributed by atoms with Crippen LogP contribution in [0.1, 0.15) is 16.1 Å². The van der Waals surface area contributed by atoms with E-state index in [1.54, 1.807) is 6.92 Å². The standard InChI is InChI=1S/C13H12N2O5/c1-8-10(5-6-20-8)13(16)14-11-7-9(15(17)18)3-4-12(11)19-2/h3-7H,1-2H3,(H,14,16). The molecule has 0 aliphatic heterocycles. The predicted octanol–water partition coefficient (Wildman–Crippen LogP) is 2.76. The fraction of sp³-hybridized carbons (Fsp3) is 0.154. The van der Waals surface area contributed by atoms with Crippen LogP contribution >= 0.6 is 0 Å². The van der Waals surface area contributed by atoms with Gasteiger partial charge >= 0.3 is 0 Å². The maximum atomic E-state index is 12.0. The lowest BCUT2D eigenvalue weighted by molar-refractivity contribution is -0.384. The van der Waals surface area contributed by atoms with Gasteiger partial charge in [-0.1, -0.05) is 0 Å². The zero-order valence-electron chi connectivity index (χ0n) is 10.9. The average Bonchev–Trinajstić information content (AvgIpc) is 2.84. The first kappa shape index (κ1) is 13.6. The van der Waals surface area contributed by atoms with E-state index in [0.717, 1.165) is 0 Å². The average molecular weight is 276 g/mol. The number of nitro groups is 1. The number of carbonyl (C=O) groups excluding carboxylic acids is 1. The van der Waals surface area contributed by atoms with Crippen molar-refractivity contribution in [3.63, 3.8) is 0 Å². The second-order valence-electron chi connectivity index (χ2n) is 3.99. The Kier molecular flexibility index (Phi) is 3.69. The van der Waals surface area contributed by atoms with Crippen molar-refractivity contribution in [3.8, 4) is 5.75 Å². The zero-order chi connectivity index (χ0) is 14.7. The van der Waals surface area contributed by atoms with Gasteiger partial charge in [0.15, 0.2) is 0 Å². The summed E-state index contributed by atoms with van der Waals surface area (Å²) >= 11 is 0. The first-order valence-corrected chi connectivity index (χ1v) is 5.71. The van der Waals surface area contributed by atoms with E-state index in [1.165, 1.54) is 37.6 Å². The molecule has 1 amide bonds. The molecule has 0 spiro atoms. The molecule has 0 fully saturated rings. The summed E-state index contributed by atoms with van der Waals surface area (Å²) < 4.78 is 10.1. The van der Waals surface area contributed by atoms with Crippen LogP contribution in [-0.4, -0.2) is 17.9 Å². The van der Waals surface area contributed by atoms with Gasteiger partial charge in [0.1, 0.15) is 11.5 Å². The highest BCUT2D eigenvalue weighted by molar-refractivity contribution is 6.05. The van der Waals surface area contributed by atoms with Crippen LogP contribution in [0, 0.1) is 17.0 Å². The lowest BCUT2D eigenvalue weighted by Crippen LogP contribution is -2.13. The van der Waals surface area contributed by atoms with Crippen LogP contribution in [-0.2, 0) is 0 Å². The third kappa shape index (κ3) is 2.61. The minimum absolute atomic E-state index is 0.134. The van der Waals surface area contributed by atoms with E-state index < -0.39 is 10.8 Å². The molecule has 0 saturated heterocycles. The number of benzene rings is 1. The number of nitro benzene ring substituents is 1. The number of methoxy groups -OCH3 is 1. The Balaban J connectivity index is 2.32. The van der Waals surface area contributed by atoms with Crippen molar-refractivity contribution in [2.24, 2.45) is 0 Å². The van der Waals surface area contributed by atoms with Crippen LogP contribution in [0.5, 0.6) is 5.75 Å². The second-order valence-corrected chi connectivity index (χ2v) is 3.99. The van der Waals surface area contributed by atoms with E-state index in [9.17, 15) is 14.9 Å². The molecule has 2 rings (SSSR count). The topological polar surface area (TPSA) is 94.6 Å². The summed E-state index contributed by atoms with van der Waals surface area (Å²) in [6.07, 6.45) is 1.40. The number of non-ortho nitro benzene ring substituents is 1.